The minimum Gasteiger partial charge on any atom is -0.333 e. The molecule has 0 unspecified atom stereocenters. The van der Waals surface area contributed by atoms with E-state index in [-0.39, 0.29) is 5.91 Å². The summed E-state index contributed by atoms with van der Waals surface area (Å²) in [7, 11) is 0. The summed E-state index contributed by atoms with van der Waals surface area (Å²) >= 11 is 6.09. The quantitative estimate of drug-likeness (QED) is 0.521. The normalized spacial score (nSPS) is 16.4. The molecule has 3 aromatic rings. The number of carbonyl (C=O) groups is 1. The van der Waals surface area contributed by atoms with Crippen LogP contribution in [0.1, 0.15) is 47.4 Å². The highest BCUT2D eigenvalue weighted by Gasteiger charge is 2.28. The van der Waals surface area contributed by atoms with Crippen LogP contribution in [-0.4, -0.2) is 33.4 Å². The van der Waals surface area contributed by atoms with Crippen LogP contribution in [0.3, 0.4) is 0 Å². The van der Waals surface area contributed by atoms with E-state index in [0.717, 1.165) is 55.9 Å². The molecule has 0 atom stereocenters. The monoisotopic (exact) mass is 431 g/mol. The molecular formula is C26H26ClN3O. The van der Waals surface area contributed by atoms with Gasteiger partial charge in [0.2, 0.25) is 0 Å². The van der Waals surface area contributed by atoms with Crippen molar-refractivity contribution in [3.05, 3.63) is 82.6 Å². The largest absolute Gasteiger partial charge is 0.333 e. The Kier molecular flexibility index (Phi) is 5.65. The van der Waals surface area contributed by atoms with E-state index in [1.54, 1.807) is 0 Å². The van der Waals surface area contributed by atoms with Gasteiger partial charge in [-0.25, -0.2) is 4.98 Å². The van der Waals surface area contributed by atoms with Crippen molar-refractivity contribution in [1.29, 1.82) is 0 Å². The molecule has 0 N–H and O–H groups in total. The predicted octanol–water partition coefficient (Wildman–Crippen LogP) is 5.86. The molecule has 1 amide bonds. The number of benzene rings is 2. The second-order valence-electron chi connectivity index (χ2n) is 8.30. The number of hydrogen-bond acceptors (Lipinski definition) is 2. The standard InChI is InChI=1S/C26H26ClN3O/c27-22-12-10-21(11-13-22)25-28-24(23-9-5-2-6-16-30(23)25)26(31)29-17-14-20(15-18-29)19-7-3-1-4-8-19/h1,3-4,7-8,10-14H,2,5-6,9,15-18H2. The topological polar surface area (TPSA) is 38.1 Å². The molecule has 2 aliphatic heterocycles. The lowest BCUT2D eigenvalue weighted by molar-refractivity contribution is 0.0766. The minimum atomic E-state index is 0.0502. The number of carbonyl (C=O) groups excluding carboxylic acids is 1. The molecule has 0 radical (unpaired) electrons. The smallest absolute Gasteiger partial charge is 0.274 e. The number of rotatable bonds is 3. The molecule has 5 heteroatoms. The van der Waals surface area contributed by atoms with Crippen molar-refractivity contribution in [3.63, 3.8) is 0 Å². The van der Waals surface area contributed by atoms with Gasteiger partial charge in [0.1, 0.15) is 11.5 Å². The Morgan fingerprint density at radius 2 is 1.68 bits per heavy atom. The Balaban J connectivity index is 1.45. The van der Waals surface area contributed by atoms with Crippen molar-refractivity contribution in [2.24, 2.45) is 0 Å². The maximum atomic E-state index is 13.5. The fraction of sp³-hybridized carbons (Fsp3) is 0.308. The summed E-state index contributed by atoms with van der Waals surface area (Å²) in [4.78, 5) is 20.4. The van der Waals surface area contributed by atoms with Crippen LogP contribution >= 0.6 is 11.6 Å². The van der Waals surface area contributed by atoms with Crippen LogP contribution in [0.25, 0.3) is 17.0 Å². The number of amides is 1. The van der Waals surface area contributed by atoms with E-state index in [1.165, 1.54) is 17.6 Å². The van der Waals surface area contributed by atoms with E-state index in [4.69, 9.17) is 16.6 Å². The third kappa shape index (κ3) is 4.05. The molecule has 0 bridgehead atoms. The van der Waals surface area contributed by atoms with Gasteiger partial charge in [-0.1, -0.05) is 54.4 Å². The fourth-order valence-electron chi connectivity index (χ4n) is 4.63. The second-order valence-corrected chi connectivity index (χ2v) is 8.73. The second kappa shape index (κ2) is 8.72. The van der Waals surface area contributed by atoms with Crippen LogP contribution in [0.5, 0.6) is 0 Å². The molecule has 31 heavy (non-hydrogen) atoms. The van der Waals surface area contributed by atoms with E-state index in [1.807, 2.05) is 35.2 Å². The molecule has 0 saturated carbocycles. The third-order valence-corrected chi connectivity index (χ3v) is 6.57. The van der Waals surface area contributed by atoms with Gasteiger partial charge in [0.25, 0.3) is 5.91 Å². The maximum absolute atomic E-state index is 13.5. The number of nitrogens with zero attached hydrogens (tertiary/aromatic N) is 3. The first-order valence-electron chi connectivity index (χ1n) is 11.1. The van der Waals surface area contributed by atoms with Crippen LogP contribution in [0, 0.1) is 0 Å². The Labute approximate surface area is 188 Å². The lowest BCUT2D eigenvalue weighted by Gasteiger charge is -2.26. The zero-order valence-electron chi connectivity index (χ0n) is 17.6. The molecule has 4 nitrogen and oxygen atoms in total. The summed E-state index contributed by atoms with van der Waals surface area (Å²) in [6.07, 6.45) is 7.36. The van der Waals surface area contributed by atoms with Crippen molar-refractivity contribution in [1.82, 2.24) is 14.5 Å². The van der Waals surface area contributed by atoms with E-state index in [9.17, 15) is 4.79 Å². The highest BCUT2D eigenvalue weighted by atomic mass is 35.5. The Hall–Kier alpha value is -2.85. The van der Waals surface area contributed by atoms with E-state index in [0.29, 0.717) is 17.3 Å². The number of aromatic nitrogens is 2. The van der Waals surface area contributed by atoms with Crippen molar-refractivity contribution >= 4 is 23.1 Å². The summed E-state index contributed by atoms with van der Waals surface area (Å²) in [5, 5.41) is 0.706. The van der Waals surface area contributed by atoms with E-state index < -0.39 is 0 Å². The van der Waals surface area contributed by atoms with Crippen molar-refractivity contribution in [3.8, 4) is 11.4 Å². The summed E-state index contributed by atoms with van der Waals surface area (Å²) in [5.74, 6) is 0.934. The molecular weight excluding hydrogens is 406 g/mol. The van der Waals surface area contributed by atoms with Crippen LogP contribution < -0.4 is 0 Å². The SMILES string of the molecule is O=C(c1nc(-c2ccc(Cl)cc2)n2c1CCCCC2)N1CC=C(c2ccccc2)CC1. The van der Waals surface area contributed by atoms with Gasteiger partial charge in [-0.3, -0.25) is 4.79 Å². The molecule has 158 valence electrons. The third-order valence-electron chi connectivity index (χ3n) is 6.31. The summed E-state index contributed by atoms with van der Waals surface area (Å²) in [5.41, 5.74) is 5.29. The average molecular weight is 432 g/mol. The van der Waals surface area contributed by atoms with Crippen LogP contribution in [0.2, 0.25) is 5.02 Å². The number of hydrogen-bond donors (Lipinski definition) is 0. The highest BCUT2D eigenvalue weighted by Crippen LogP contribution is 2.30. The Morgan fingerprint density at radius 3 is 2.42 bits per heavy atom. The first kappa shape index (κ1) is 20.1. The van der Waals surface area contributed by atoms with Gasteiger partial charge in [0.15, 0.2) is 0 Å². The van der Waals surface area contributed by atoms with Gasteiger partial charge in [0, 0.05) is 30.2 Å². The predicted molar refractivity (Wildman–Crippen MR) is 125 cm³/mol. The van der Waals surface area contributed by atoms with Crippen molar-refractivity contribution in [2.75, 3.05) is 13.1 Å². The number of imidazole rings is 1. The molecule has 2 aliphatic rings. The lowest BCUT2D eigenvalue weighted by Crippen LogP contribution is -2.35. The van der Waals surface area contributed by atoms with Gasteiger partial charge >= 0.3 is 0 Å². The van der Waals surface area contributed by atoms with E-state index >= 15 is 0 Å². The summed E-state index contributed by atoms with van der Waals surface area (Å²) in [6.45, 7) is 2.26. The van der Waals surface area contributed by atoms with Gasteiger partial charge in [-0.2, -0.15) is 0 Å². The fourth-order valence-corrected chi connectivity index (χ4v) is 4.75. The molecule has 0 spiro atoms. The van der Waals surface area contributed by atoms with Gasteiger partial charge in [0.05, 0.1) is 5.69 Å². The molecule has 5 rings (SSSR count). The number of fused-ring (bicyclic) bond motifs is 1. The van der Waals surface area contributed by atoms with Crippen LogP contribution in [0.4, 0.5) is 0 Å². The van der Waals surface area contributed by atoms with Gasteiger partial charge in [-0.15, -0.1) is 0 Å². The number of halogens is 1. The Bertz CT molecular complexity index is 1120. The van der Waals surface area contributed by atoms with Crippen molar-refractivity contribution in [2.45, 2.75) is 38.6 Å². The first-order valence-corrected chi connectivity index (χ1v) is 11.5. The molecule has 0 fully saturated rings. The zero-order chi connectivity index (χ0) is 21.2. The maximum Gasteiger partial charge on any atom is 0.274 e. The van der Waals surface area contributed by atoms with Gasteiger partial charge in [-0.05, 0) is 61.1 Å². The highest BCUT2D eigenvalue weighted by molar-refractivity contribution is 6.30. The average Bonchev–Trinajstić information content (AvgIpc) is 3.00. The molecule has 0 aliphatic carbocycles. The molecule has 3 heterocycles. The Morgan fingerprint density at radius 1 is 0.871 bits per heavy atom. The van der Waals surface area contributed by atoms with Crippen LogP contribution in [0.15, 0.2) is 60.7 Å². The minimum absolute atomic E-state index is 0.0502. The van der Waals surface area contributed by atoms with Crippen LogP contribution in [-0.2, 0) is 13.0 Å². The first-order chi connectivity index (χ1) is 15.2. The van der Waals surface area contributed by atoms with Gasteiger partial charge < -0.3 is 9.47 Å². The summed E-state index contributed by atoms with van der Waals surface area (Å²) in [6, 6.07) is 18.2. The zero-order valence-corrected chi connectivity index (χ0v) is 18.3. The van der Waals surface area contributed by atoms with E-state index in [2.05, 4.69) is 34.9 Å². The molecule has 2 aromatic carbocycles. The molecule has 0 saturated heterocycles. The summed E-state index contributed by atoms with van der Waals surface area (Å²) < 4.78 is 2.26. The molecule has 1 aromatic heterocycles. The van der Waals surface area contributed by atoms with Crippen molar-refractivity contribution < 1.29 is 4.79 Å². The lowest BCUT2D eigenvalue weighted by atomic mass is 9.99.